The molecule has 1 heterocycles. The van der Waals surface area contributed by atoms with Crippen LogP contribution in [0, 0.1) is 5.82 Å². The third kappa shape index (κ3) is 4.23. The van der Waals surface area contributed by atoms with Crippen LogP contribution in [0.1, 0.15) is 51.0 Å². The zero-order valence-electron chi connectivity index (χ0n) is 15.3. The van der Waals surface area contributed by atoms with E-state index < -0.39 is 11.5 Å². The highest BCUT2D eigenvalue weighted by Crippen LogP contribution is 2.41. The summed E-state index contributed by atoms with van der Waals surface area (Å²) >= 11 is 0. The summed E-state index contributed by atoms with van der Waals surface area (Å²) < 4.78 is 34.6. The summed E-state index contributed by atoms with van der Waals surface area (Å²) in [5.41, 5.74) is 5.11. The summed E-state index contributed by atoms with van der Waals surface area (Å²) in [5.74, 6) is -0.389. The molecule has 1 aromatic rings. The van der Waals surface area contributed by atoms with Crippen LogP contribution in [-0.2, 0) is 15.2 Å². The molecule has 1 saturated carbocycles. The number of carbonyl (C=O) groups is 1. The van der Waals surface area contributed by atoms with E-state index in [1.807, 2.05) is 0 Å². The van der Waals surface area contributed by atoms with E-state index in [0.29, 0.717) is 37.9 Å². The Morgan fingerprint density at radius 1 is 1.35 bits per heavy atom. The van der Waals surface area contributed by atoms with Crippen molar-refractivity contribution in [2.75, 3.05) is 13.2 Å². The van der Waals surface area contributed by atoms with E-state index in [2.05, 4.69) is 0 Å². The molecule has 2 N–H and O–H groups in total. The normalized spacial score (nSPS) is 32.5. The van der Waals surface area contributed by atoms with Crippen LogP contribution in [0.25, 0.3) is 0 Å². The Hall–Kier alpha value is -1.53. The molecule has 0 radical (unpaired) electrons. The van der Waals surface area contributed by atoms with Crippen LogP contribution < -0.4 is 5.73 Å². The lowest BCUT2D eigenvalue weighted by molar-refractivity contribution is -0.136. The summed E-state index contributed by atoms with van der Waals surface area (Å²) in [4.78, 5) is 13.6. The lowest BCUT2D eigenvalue weighted by atomic mass is 9.80. The SMILES string of the molecule is CC(=O)N1CCCC(N)[C@@H]1COC1CCC(F)(c2cccc(F)c2)CC1. The molecule has 0 bridgehead atoms. The Morgan fingerprint density at radius 3 is 2.73 bits per heavy atom. The molecular weight excluding hydrogens is 338 g/mol. The number of rotatable bonds is 4. The van der Waals surface area contributed by atoms with Gasteiger partial charge in [0.2, 0.25) is 5.91 Å². The maximum atomic E-state index is 15.2. The van der Waals surface area contributed by atoms with Gasteiger partial charge in [0.25, 0.3) is 0 Å². The molecule has 1 saturated heterocycles. The van der Waals surface area contributed by atoms with Gasteiger partial charge in [0, 0.05) is 19.5 Å². The molecule has 144 valence electrons. The highest BCUT2D eigenvalue weighted by atomic mass is 19.1. The molecule has 1 amide bonds. The van der Waals surface area contributed by atoms with Crippen molar-refractivity contribution in [3.8, 4) is 0 Å². The Labute approximate surface area is 153 Å². The monoisotopic (exact) mass is 366 g/mol. The van der Waals surface area contributed by atoms with Gasteiger partial charge in [-0.05, 0) is 56.2 Å². The van der Waals surface area contributed by atoms with Gasteiger partial charge in [-0.1, -0.05) is 12.1 Å². The van der Waals surface area contributed by atoms with Crippen LogP contribution in [0.2, 0.25) is 0 Å². The van der Waals surface area contributed by atoms with Gasteiger partial charge in [-0.25, -0.2) is 8.78 Å². The highest BCUT2D eigenvalue weighted by Gasteiger charge is 2.38. The zero-order valence-corrected chi connectivity index (χ0v) is 15.3. The number of amides is 1. The number of carbonyl (C=O) groups excluding carboxylic acids is 1. The van der Waals surface area contributed by atoms with Gasteiger partial charge in [0.15, 0.2) is 0 Å². The van der Waals surface area contributed by atoms with Crippen molar-refractivity contribution in [3.05, 3.63) is 35.6 Å². The van der Waals surface area contributed by atoms with Crippen LogP contribution in [-0.4, -0.2) is 42.1 Å². The molecule has 4 nitrogen and oxygen atoms in total. The molecule has 0 spiro atoms. The lowest BCUT2D eigenvalue weighted by Gasteiger charge is -2.40. The smallest absolute Gasteiger partial charge is 0.219 e. The number of hydrogen-bond acceptors (Lipinski definition) is 3. The minimum absolute atomic E-state index is 0.0197. The number of halogens is 2. The van der Waals surface area contributed by atoms with E-state index in [1.165, 1.54) is 12.1 Å². The van der Waals surface area contributed by atoms with Crippen LogP contribution in [0.15, 0.2) is 24.3 Å². The van der Waals surface area contributed by atoms with Gasteiger partial charge in [0.05, 0.1) is 18.8 Å². The molecule has 1 aliphatic carbocycles. The lowest BCUT2D eigenvalue weighted by Crippen LogP contribution is -2.56. The summed E-state index contributed by atoms with van der Waals surface area (Å²) in [5, 5.41) is 0. The van der Waals surface area contributed by atoms with Crippen molar-refractivity contribution in [1.82, 2.24) is 4.90 Å². The van der Waals surface area contributed by atoms with Gasteiger partial charge in [-0.15, -0.1) is 0 Å². The maximum Gasteiger partial charge on any atom is 0.219 e. The standard InChI is InChI=1S/C20H28F2N2O2/c1-14(25)24-11-3-6-18(23)19(24)13-26-17-7-9-20(22,10-8-17)15-4-2-5-16(21)12-15/h2,4-5,12,17-19H,3,6-11,13,23H2,1H3/t17?,18?,19-,20?/m0/s1. The number of nitrogens with zero attached hydrogens (tertiary/aromatic N) is 1. The molecule has 1 unspecified atom stereocenters. The number of nitrogens with two attached hydrogens (primary N) is 1. The predicted molar refractivity (Wildman–Crippen MR) is 95.8 cm³/mol. The van der Waals surface area contributed by atoms with Gasteiger partial charge in [0.1, 0.15) is 11.5 Å². The average Bonchev–Trinajstić information content (AvgIpc) is 2.62. The summed E-state index contributed by atoms with van der Waals surface area (Å²) in [6.07, 6.45) is 3.54. The summed E-state index contributed by atoms with van der Waals surface area (Å²) in [6, 6.07) is 5.62. The van der Waals surface area contributed by atoms with E-state index in [9.17, 15) is 9.18 Å². The van der Waals surface area contributed by atoms with E-state index >= 15 is 4.39 Å². The third-order valence-corrected chi connectivity index (χ3v) is 5.81. The molecule has 6 heteroatoms. The van der Waals surface area contributed by atoms with E-state index in [-0.39, 0.29) is 24.1 Å². The largest absolute Gasteiger partial charge is 0.376 e. The van der Waals surface area contributed by atoms with Crippen LogP contribution >= 0.6 is 0 Å². The Balaban J connectivity index is 1.54. The van der Waals surface area contributed by atoms with E-state index in [0.717, 1.165) is 19.4 Å². The van der Waals surface area contributed by atoms with Crippen molar-refractivity contribution < 1.29 is 18.3 Å². The number of alkyl halides is 1. The predicted octanol–water partition coefficient (Wildman–Crippen LogP) is 3.29. The van der Waals surface area contributed by atoms with Crippen molar-refractivity contribution in [1.29, 1.82) is 0 Å². The van der Waals surface area contributed by atoms with E-state index in [4.69, 9.17) is 10.5 Å². The zero-order chi connectivity index (χ0) is 18.7. The fourth-order valence-corrected chi connectivity index (χ4v) is 4.20. The first-order valence-electron chi connectivity index (χ1n) is 9.48. The Bertz CT molecular complexity index is 632. The van der Waals surface area contributed by atoms with Crippen molar-refractivity contribution in [3.63, 3.8) is 0 Å². The Kier molecular flexibility index (Phi) is 5.92. The van der Waals surface area contributed by atoms with Gasteiger partial charge in [-0.3, -0.25) is 4.79 Å². The van der Waals surface area contributed by atoms with E-state index in [1.54, 1.807) is 24.0 Å². The average molecular weight is 366 g/mol. The Morgan fingerprint density at radius 2 is 2.08 bits per heavy atom. The van der Waals surface area contributed by atoms with Crippen molar-refractivity contribution >= 4 is 5.91 Å². The van der Waals surface area contributed by atoms with Crippen LogP contribution in [0.4, 0.5) is 8.78 Å². The first kappa shape index (κ1) is 19.2. The van der Waals surface area contributed by atoms with Gasteiger partial charge >= 0.3 is 0 Å². The molecule has 3 rings (SSSR count). The second-order valence-electron chi connectivity index (χ2n) is 7.59. The second kappa shape index (κ2) is 8.01. The highest BCUT2D eigenvalue weighted by molar-refractivity contribution is 5.73. The fraction of sp³-hybridized carbons (Fsp3) is 0.650. The molecule has 1 aliphatic heterocycles. The number of benzene rings is 1. The fourth-order valence-electron chi connectivity index (χ4n) is 4.20. The maximum absolute atomic E-state index is 15.2. The molecule has 2 aliphatic rings. The molecular formula is C20H28F2N2O2. The first-order chi connectivity index (χ1) is 12.4. The number of likely N-dealkylation sites (tertiary alicyclic amines) is 1. The minimum atomic E-state index is -1.49. The first-order valence-corrected chi connectivity index (χ1v) is 9.48. The van der Waals surface area contributed by atoms with Crippen LogP contribution in [0.3, 0.4) is 0 Å². The molecule has 2 atom stereocenters. The van der Waals surface area contributed by atoms with Crippen LogP contribution in [0.5, 0.6) is 0 Å². The molecule has 1 aromatic carbocycles. The molecule has 0 aromatic heterocycles. The summed E-state index contributed by atoms with van der Waals surface area (Å²) in [6.45, 7) is 2.67. The topological polar surface area (TPSA) is 55.6 Å². The molecule has 26 heavy (non-hydrogen) atoms. The van der Waals surface area contributed by atoms with Gasteiger partial charge < -0.3 is 15.4 Å². The second-order valence-corrected chi connectivity index (χ2v) is 7.59. The quantitative estimate of drug-likeness (QED) is 0.890. The number of piperidine rings is 1. The molecule has 2 fully saturated rings. The summed E-state index contributed by atoms with van der Waals surface area (Å²) in [7, 11) is 0. The number of hydrogen-bond donors (Lipinski definition) is 1. The third-order valence-electron chi connectivity index (χ3n) is 5.81. The van der Waals surface area contributed by atoms with Crippen molar-refractivity contribution in [2.45, 2.75) is 69.3 Å². The minimum Gasteiger partial charge on any atom is -0.376 e. The van der Waals surface area contributed by atoms with Gasteiger partial charge in [-0.2, -0.15) is 0 Å². The van der Waals surface area contributed by atoms with Crippen molar-refractivity contribution in [2.24, 2.45) is 5.73 Å². The number of ether oxygens (including phenoxy) is 1.